The van der Waals surface area contributed by atoms with Crippen LogP contribution in [0.25, 0.3) is 5.69 Å². The van der Waals surface area contributed by atoms with Crippen molar-refractivity contribution in [2.45, 2.75) is 76.2 Å². The maximum Gasteiger partial charge on any atom is 0.233 e. The fourth-order valence-corrected chi connectivity index (χ4v) is 3.14. The van der Waals surface area contributed by atoms with Crippen LogP contribution in [0.15, 0.2) is 29.4 Å². The van der Waals surface area contributed by atoms with Crippen molar-refractivity contribution < 1.29 is 4.79 Å². The summed E-state index contributed by atoms with van der Waals surface area (Å²) in [4.78, 5) is 12.4. The fraction of sp³-hybridized carbons (Fsp3) is 0.579. The molecule has 1 amide bonds. The van der Waals surface area contributed by atoms with E-state index < -0.39 is 0 Å². The first-order valence-corrected chi connectivity index (χ1v) is 10.1. The Kier molecular flexibility index (Phi) is 7.20. The molecule has 26 heavy (non-hydrogen) atoms. The number of aryl methyl sites for hydroxylation is 1. The van der Waals surface area contributed by atoms with E-state index in [9.17, 15) is 4.79 Å². The lowest BCUT2D eigenvalue weighted by Crippen LogP contribution is -2.46. The number of rotatable bonds is 9. The Hall–Kier alpha value is -1.89. The van der Waals surface area contributed by atoms with Gasteiger partial charge in [-0.25, -0.2) is 0 Å². The molecule has 142 valence electrons. The maximum absolute atomic E-state index is 12.4. The van der Waals surface area contributed by atoms with Crippen molar-refractivity contribution >= 4 is 17.7 Å². The number of tetrazole rings is 1. The Bertz CT molecular complexity index is 711. The number of hydrogen-bond donors (Lipinski definition) is 1. The molecular weight excluding hydrogens is 346 g/mol. The van der Waals surface area contributed by atoms with Gasteiger partial charge in [0.1, 0.15) is 0 Å². The Morgan fingerprint density at radius 3 is 2.58 bits per heavy atom. The molecule has 0 aliphatic carbocycles. The summed E-state index contributed by atoms with van der Waals surface area (Å²) in [5, 5.41) is 15.4. The third-order valence-corrected chi connectivity index (χ3v) is 5.47. The predicted octanol–water partition coefficient (Wildman–Crippen LogP) is 3.79. The van der Waals surface area contributed by atoms with Crippen LogP contribution in [-0.4, -0.2) is 36.9 Å². The van der Waals surface area contributed by atoms with Crippen LogP contribution in [0.4, 0.5) is 0 Å². The average Bonchev–Trinajstić information content (AvgIpc) is 3.08. The van der Waals surface area contributed by atoms with Crippen LogP contribution in [0.3, 0.4) is 0 Å². The molecule has 1 aromatic heterocycles. The van der Waals surface area contributed by atoms with Crippen molar-refractivity contribution in [3.8, 4) is 5.69 Å². The molecule has 0 fully saturated rings. The SMILES string of the molecule is CCCCc1ccc(-n2nnnc2SC(C)C(=O)NC(C)(C)CC)cc1. The topological polar surface area (TPSA) is 72.7 Å². The van der Waals surface area contributed by atoms with Crippen molar-refractivity contribution in [2.24, 2.45) is 0 Å². The van der Waals surface area contributed by atoms with E-state index in [1.807, 2.05) is 32.9 Å². The van der Waals surface area contributed by atoms with Crippen molar-refractivity contribution in [1.82, 2.24) is 25.5 Å². The second-order valence-electron chi connectivity index (χ2n) is 7.13. The van der Waals surface area contributed by atoms with Gasteiger partial charge in [0, 0.05) is 5.54 Å². The highest BCUT2D eigenvalue weighted by Gasteiger charge is 2.24. The van der Waals surface area contributed by atoms with E-state index >= 15 is 0 Å². The number of thioether (sulfide) groups is 1. The highest BCUT2D eigenvalue weighted by molar-refractivity contribution is 8.00. The van der Waals surface area contributed by atoms with Crippen molar-refractivity contribution in [2.75, 3.05) is 0 Å². The third-order valence-electron chi connectivity index (χ3n) is 4.44. The van der Waals surface area contributed by atoms with Gasteiger partial charge in [-0.05, 0) is 68.2 Å². The molecule has 1 aromatic carbocycles. The normalized spacial score (nSPS) is 12.8. The molecular formula is C19H29N5OS. The van der Waals surface area contributed by atoms with E-state index in [2.05, 4.69) is 46.8 Å². The van der Waals surface area contributed by atoms with Gasteiger partial charge < -0.3 is 5.32 Å². The highest BCUT2D eigenvalue weighted by Crippen LogP contribution is 2.24. The Morgan fingerprint density at radius 2 is 1.96 bits per heavy atom. The molecule has 0 bridgehead atoms. The number of aromatic nitrogens is 4. The summed E-state index contributed by atoms with van der Waals surface area (Å²) in [7, 11) is 0. The molecule has 0 saturated heterocycles. The zero-order valence-corrected chi connectivity index (χ0v) is 17.1. The first-order chi connectivity index (χ1) is 12.4. The summed E-state index contributed by atoms with van der Waals surface area (Å²) in [5.41, 5.74) is 2.00. The fourth-order valence-electron chi connectivity index (χ4n) is 2.33. The summed E-state index contributed by atoms with van der Waals surface area (Å²) in [6, 6.07) is 8.27. The van der Waals surface area contributed by atoms with Crippen LogP contribution in [0.2, 0.25) is 0 Å². The quantitative estimate of drug-likeness (QED) is 0.675. The predicted molar refractivity (Wildman–Crippen MR) is 106 cm³/mol. The van der Waals surface area contributed by atoms with E-state index in [-0.39, 0.29) is 16.7 Å². The number of unbranched alkanes of at least 4 members (excludes halogenated alkanes) is 1. The van der Waals surface area contributed by atoms with Crippen LogP contribution < -0.4 is 5.32 Å². The number of hydrogen-bond acceptors (Lipinski definition) is 5. The first-order valence-electron chi connectivity index (χ1n) is 9.22. The second kappa shape index (κ2) is 9.16. The summed E-state index contributed by atoms with van der Waals surface area (Å²) < 4.78 is 1.68. The third kappa shape index (κ3) is 5.56. The standard InChI is InChI=1S/C19H29N5OS/c1-6-8-9-15-10-12-16(13-11-15)24-18(21-22-23-24)26-14(3)17(25)20-19(4,5)7-2/h10-14H,6-9H2,1-5H3,(H,20,25). The van der Waals surface area contributed by atoms with E-state index in [1.54, 1.807) is 4.68 Å². The lowest BCUT2D eigenvalue weighted by atomic mass is 10.0. The molecule has 2 rings (SSSR count). The molecule has 2 aromatic rings. The van der Waals surface area contributed by atoms with Crippen LogP contribution in [0.5, 0.6) is 0 Å². The van der Waals surface area contributed by atoms with Gasteiger partial charge >= 0.3 is 0 Å². The molecule has 0 radical (unpaired) electrons. The molecule has 1 atom stereocenters. The van der Waals surface area contributed by atoms with E-state index in [0.717, 1.165) is 18.5 Å². The number of nitrogens with zero attached hydrogens (tertiary/aromatic N) is 4. The minimum absolute atomic E-state index is 0.00804. The Balaban J connectivity index is 2.07. The molecule has 0 aliphatic rings. The van der Waals surface area contributed by atoms with Crippen molar-refractivity contribution in [3.05, 3.63) is 29.8 Å². The second-order valence-corrected chi connectivity index (χ2v) is 8.44. The molecule has 1 heterocycles. The highest BCUT2D eigenvalue weighted by atomic mass is 32.2. The average molecular weight is 376 g/mol. The number of nitrogens with one attached hydrogen (secondary N) is 1. The minimum atomic E-state index is -0.283. The maximum atomic E-state index is 12.4. The van der Waals surface area contributed by atoms with Gasteiger partial charge in [-0.15, -0.1) is 5.10 Å². The van der Waals surface area contributed by atoms with Gasteiger partial charge in [0.25, 0.3) is 0 Å². The first kappa shape index (κ1) is 20.4. The summed E-state index contributed by atoms with van der Waals surface area (Å²) in [5.74, 6) is -0.00804. The van der Waals surface area contributed by atoms with Crippen LogP contribution in [0, 0.1) is 0 Å². The lowest BCUT2D eigenvalue weighted by Gasteiger charge is -2.26. The summed E-state index contributed by atoms with van der Waals surface area (Å²) >= 11 is 1.36. The number of amides is 1. The van der Waals surface area contributed by atoms with Crippen LogP contribution in [-0.2, 0) is 11.2 Å². The smallest absolute Gasteiger partial charge is 0.233 e. The molecule has 0 saturated carbocycles. The molecule has 0 aliphatic heterocycles. The lowest BCUT2D eigenvalue weighted by molar-refractivity contribution is -0.121. The number of carbonyl (C=O) groups is 1. The van der Waals surface area contributed by atoms with Gasteiger partial charge in [-0.1, -0.05) is 44.2 Å². The number of benzene rings is 1. The van der Waals surface area contributed by atoms with Crippen LogP contribution >= 0.6 is 11.8 Å². The Labute approximate surface area is 160 Å². The largest absolute Gasteiger partial charge is 0.350 e. The van der Waals surface area contributed by atoms with E-state index in [0.29, 0.717) is 5.16 Å². The van der Waals surface area contributed by atoms with Gasteiger partial charge in [-0.3, -0.25) is 4.79 Å². The molecule has 1 unspecified atom stereocenters. The van der Waals surface area contributed by atoms with E-state index in [4.69, 9.17) is 0 Å². The molecule has 0 spiro atoms. The van der Waals surface area contributed by atoms with Gasteiger partial charge in [0.15, 0.2) is 0 Å². The summed E-state index contributed by atoms with van der Waals surface area (Å²) in [6.45, 7) is 10.2. The van der Waals surface area contributed by atoms with Gasteiger partial charge in [0.2, 0.25) is 11.1 Å². The molecule has 7 heteroatoms. The molecule has 6 nitrogen and oxygen atoms in total. The zero-order chi connectivity index (χ0) is 19.2. The van der Waals surface area contributed by atoms with Gasteiger partial charge in [-0.2, -0.15) is 4.68 Å². The summed E-state index contributed by atoms with van der Waals surface area (Å²) in [6.07, 6.45) is 4.33. The monoisotopic (exact) mass is 375 g/mol. The molecule has 1 N–H and O–H groups in total. The van der Waals surface area contributed by atoms with Crippen LogP contribution in [0.1, 0.15) is 59.4 Å². The Morgan fingerprint density at radius 1 is 1.27 bits per heavy atom. The van der Waals surface area contributed by atoms with Crippen molar-refractivity contribution in [3.63, 3.8) is 0 Å². The minimum Gasteiger partial charge on any atom is -0.350 e. The van der Waals surface area contributed by atoms with Gasteiger partial charge in [0.05, 0.1) is 10.9 Å². The van der Waals surface area contributed by atoms with E-state index in [1.165, 1.54) is 30.2 Å². The van der Waals surface area contributed by atoms with Crippen molar-refractivity contribution in [1.29, 1.82) is 0 Å². The number of carbonyl (C=O) groups excluding carboxylic acids is 1. The zero-order valence-electron chi connectivity index (χ0n) is 16.3.